The maximum atomic E-state index is 11.3. The molecule has 98 valence electrons. The summed E-state index contributed by atoms with van der Waals surface area (Å²) in [6.07, 6.45) is 5.12. The van der Waals surface area contributed by atoms with E-state index in [-0.39, 0.29) is 19.3 Å². The smallest absolute Gasteiger partial charge is 0.331 e. The SMILES string of the molecule is CCCCCCC(=O)ON(C=O)C(=O)CCC. The number of nitrogens with zero attached hydrogens (tertiary/aromatic N) is 1. The van der Waals surface area contributed by atoms with E-state index in [2.05, 4.69) is 11.8 Å². The fourth-order valence-corrected chi connectivity index (χ4v) is 1.31. The van der Waals surface area contributed by atoms with Gasteiger partial charge in [0.25, 0.3) is 12.3 Å². The van der Waals surface area contributed by atoms with Crippen molar-refractivity contribution in [1.82, 2.24) is 5.06 Å². The van der Waals surface area contributed by atoms with Crippen LogP contribution in [-0.4, -0.2) is 23.3 Å². The molecule has 5 nitrogen and oxygen atoms in total. The summed E-state index contributed by atoms with van der Waals surface area (Å²) in [5.74, 6) is -1.01. The number of hydrogen-bond acceptors (Lipinski definition) is 4. The summed E-state index contributed by atoms with van der Waals surface area (Å²) in [6, 6.07) is 0. The van der Waals surface area contributed by atoms with Crippen LogP contribution in [0.15, 0.2) is 0 Å². The minimum absolute atomic E-state index is 0.196. The van der Waals surface area contributed by atoms with E-state index in [1.165, 1.54) is 0 Å². The number of hydrogen-bond donors (Lipinski definition) is 0. The van der Waals surface area contributed by atoms with E-state index in [1.807, 2.05) is 6.92 Å². The van der Waals surface area contributed by atoms with Gasteiger partial charge >= 0.3 is 5.97 Å². The monoisotopic (exact) mass is 243 g/mol. The highest BCUT2D eigenvalue weighted by Gasteiger charge is 2.16. The highest BCUT2D eigenvalue weighted by molar-refractivity contribution is 5.86. The van der Waals surface area contributed by atoms with Crippen molar-refractivity contribution in [3.63, 3.8) is 0 Å². The molecule has 0 aliphatic carbocycles. The quantitative estimate of drug-likeness (QED) is 0.372. The lowest BCUT2D eigenvalue weighted by Gasteiger charge is -2.13. The molecule has 0 spiro atoms. The standard InChI is InChI=1S/C12H21NO4/c1-3-5-6-7-9-12(16)17-13(10-14)11(15)8-4-2/h10H,3-9H2,1-2H3. The molecule has 0 radical (unpaired) electrons. The molecule has 0 saturated carbocycles. The lowest BCUT2D eigenvalue weighted by molar-refractivity contribution is -0.196. The highest BCUT2D eigenvalue weighted by Crippen LogP contribution is 2.05. The van der Waals surface area contributed by atoms with Crippen molar-refractivity contribution >= 4 is 18.3 Å². The van der Waals surface area contributed by atoms with Crippen LogP contribution in [0.5, 0.6) is 0 Å². The molecule has 0 bridgehead atoms. The second kappa shape index (κ2) is 9.81. The molecule has 0 aromatic carbocycles. The Hall–Kier alpha value is -1.39. The van der Waals surface area contributed by atoms with Crippen molar-refractivity contribution in [2.24, 2.45) is 0 Å². The van der Waals surface area contributed by atoms with Crippen LogP contribution in [0.1, 0.15) is 58.8 Å². The van der Waals surface area contributed by atoms with Gasteiger partial charge in [-0.3, -0.25) is 9.59 Å². The van der Waals surface area contributed by atoms with Crippen LogP contribution in [0, 0.1) is 0 Å². The van der Waals surface area contributed by atoms with Crippen molar-refractivity contribution in [2.75, 3.05) is 0 Å². The van der Waals surface area contributed by atoms with E-state index < -0.39 is 11.9 Å². The Morgan fingerprint density at radius 3 is 2.29 bits per heavy atom. The second-order valence-electron chi connectivity index (χ2n) is 3.85. The van der Waals surface area contributed by atoms with Crippen LogP contribution in [0.2, 0.25) is 0 Å². The summed E-state index contributed by atoms with van der Waals surface area (Å²) >= 11 is 0. The zero-order chi connectivity index (χ0) is 13.1. The van der Waals surface area contributed by atoms with Gasteiger partial charge in [0.15, 0.2) is 0 Å². The average molecular weight is 243 g/mol. The zero-order valence-corrected chi connectivity index (χ0v) is 10.6. The first-order valence-electron chi connectivity index (χ1n) is 6.13. The third-order valence-corrected chi connectivity index (χ3v) is 2.24. The Labute approximate surface area is 102 Å². The van der Waals surface area contributed by atoms with Gasteiger partial charge in [-0.1, -0.05) is 33.1 Å². The maximum absolute atomic E-state index is 11.3. The van der Waals surface area contributed by atoms with E-state index in [0.717, 1.165) is 25.7 Å². The maximum Gasteiger partial charge on any atom is 0.333 e. The highest BCUT2D eigenvalue weighted by atomic mass is 16.7. The van der Waals surface area contributed by atoms with Crippen molar-refractivity contribution in [3.8, 4) is 0 Å². The summed E-state index contributed by atoms with van der Waals surface area (Å²) in [6.45, 7) is 3.89. The summed E-state index contributed by atoms with van der Waals surface area (Å²) in [5, 5.41) is 0.492. The van der Waals surface area contributed by atoms with Gasteiger partial charge < -0.3 is 4.84 Å². The van der Waals surface area contributed by atoms with E-state index in [9.17, 15) is 14.4 Å². The largest absolute Gasteiger partial charge is 0.333 e. The number of carbonyl (C=O) groups is 3. The molecule has 0 aliphatic heterocycles. The Bertz CT molecular complexity index is 253. The van der Waals surface area contributed by atoms with E-state index in [0.29, 0.717) is 11.5 Å². The van der Waals surface area contributed by atoms with Crippen molar-refractivity contribution in [1.29, 1.82) is 0 Å². The van der Waals surface area contributed by atoms with Crippen LogP contribution in [0.3, 0.4) is 0 Å². The molecule has 0 unspecified atom stereocenters. The fourth-order valence-electron chi connectivity index (χ4n) is 1.31. The molecular weight excluding hydrogens is 222 g/mol. The second-order valence-corrected chi connectivity index (χ2v) is 3.85. The molecular formula is C12H21NO4. The fraction of sp³-hybridized carbons (Fsp3) is 0.750. The number of imide groups is 1. The van der Waals surface area contributed by atoms with Gasteiger partial charge in [-0.25, -0.2) is 4.79 Å². The molecule has 0 fully saturated rings. The van der Waals surface area contributed by atoms with Crippen LogP contribution in [0.25, 0.3) is 0 Å². The van der Waals surface area contributed by atoms with Crippen LogP contribution < -0.4 is 0 Å². The number of hydroxylamine groups is 2. The average Bonchev–Trinajstić information content (AvgIpc) is 2.32. The van der Waals surface area contributed by atoms with Crippen molar-refractivity contribution in [3.05, 3.63) is 0 Å². The number of unbranched alkanes of at least 4 members (excludes halogenated alkanes) is 3. The molecule has 0 N–H and O–H groups in total. The number of carbonyl (C=O) groups excluding carboxylic acids is 3. The summed E-state index contributed by atoms with van der Waals surface area (Å²) in [5.41, 5.74) is 0. The van der Waals surface area contributed by atoms with Gasteiger partial charge in [-0.15, -0.1) is 5.06 Å². The Morgan fingerprint density at radius 2 is 1.76 bits per heavy atom. The van der Waals surface area contributed by atoms with E-state index >= 15 is 0 Å². The molecule has 5 heteroatoms. The molecule has 0 atom stereocenters. The van der Waals surface area contributed by atoms with Gasteiger partial charge in [0.05, 0.1) is 0 Å². The minimum atomic E-state index is -0.530. The molecule has 0 aromatic rings. The van der Waals surface area contributed by atoms with E-state index in [4.69, 9.17) is 0 Å². The number of rotatable bonds is 8. The first kappa shape index (κ1) is 15.6. The van der Waals surface area contributed by atoms with Gasteiger partial charge in [0.2, 0.25) is 0 Å². The van der Waals surface area contributed by atoms with Crippen LogP contribution in [0.4, 0.5) is 0 Å². The zero-order valence-electron chi connectivity index (χ0n) is 10.6. The van der Waals surface area contributed by atoms with Gasteiger partial charge in [0.1, 0.15) is 0 Å². The topological polar surface area (TPSA) is 63.7 Å². The molecule has 2 amide bonds. The normalized spacial score (nSPS) is 9.76. The predicted molar refractivity (Wildman–Crippen MR) is 62.7 cm³/mol. The van der Waals surface area contributed by atoms with Crippen LogP contribution >= 0.6 is 0 Å². The summed E-state index contributed by atoms with van der Waals surface area (Å²) in [4.78, 5) is 37.8. The summed E-state index contributed by atoms with van der Waals surface area (Å²) < 4.78 is 0. The third-order valence-electron chi connectivity index (χ3n) is 2.24. The Morgan fingerprint density at radius 1 is 1.06 bits per heavy atom. The first-order valence-corrected chi connectivity index (χ1v) is 6.13. The summed E-state index contributed by atoms with van der Waals surface area (Å²) in [7, 11) is 0. The molecule has 0 aliphatic rings. The molecule has 0 aromatic heterocycles. The minimum Gasteiger partial charge on any atom is -0.331 e. The van der Waals surface area contributed by atoms with Crippen molar-refractivity contribution < 1.29 is 19.2 Å². The molecule has 0 rings (SSSR count). The molecule has 0 heterocycles. The number of amides is 2. The first-order chi connectivity index (χ1) is 8.15. The molecule has 17 heavy (non-hydrogen) atoms. The molecule has 0 saturated heterocycles. The van der Waals surface area contributed by atoms with E-state index in [1.54, 1.807) is 0 Å². The third kappa shape index (κ3) is 7.49. The van der Waals surface area contributed by atoms with Crippen molar-refractivity contribution in [2.45, 2.75) is 58.8 Å². The van der Waals surface area contributed by atoms with Gasteiger partial charge in [-0.2, -0.15) is 0 Å². The Balaban J connectivity index is 3.89. The van der Waals surface area contributed by atoms with Gasteiger partial charge in [-0.05, 0) is 12.8 Å². The van der Waals surface area contributed by atoms with Gasteiger partial charge in [0, 0.05) is 12.8 Å². The van der Waals surface area contributed by atoms with Crippen LogP contribution in [-0.2, 0) is 19.2 Å². The lowest BCUT2D eigenvalue weighted by Crippen LogP contribution is -2.32. The predicted octanol–water partition coefficient (Wildman–Crippen LogP) is 2.20. The lowest BCUT2D eigenvalue weighted by atomic mass is 10.2. The Kier molecular flexibility index (Phi) is 9.01.